The molecule has 6 heteroatoms. The third-order valence-corrected chi connectivity index (χ3v) is 2.73. The van der Waals surface area contributed by atoms with Crippen LogP contribution in [-0.2, 0) is 9.47 Å². The highest BCUT2D eigenvalue weighted by Gasteiger charge is 2.51. The zero-order chi connectivity index (χ0) is 14.7. The van der Waals surface area contributed by atoms with E-state index in [-0.39, 0.29) is 6.54 Å². The molecule has 1 saturated heterocycles. The molecule has 0 aromatic rings. The van der Waals surface area contributed by atoms with Gasteiger partial charge < -0.3 is 9.47 Å². The fraction of sp³-hybridized carbons (Fsp3) is 0.923. The van der Waals surface area contributed by atoms with Crippen molar-refractivity contribution in [1.29, 1.82) is 0 Å². The predicted octanol–water partition coefficient (Wildman–Crippen LogP) is 3.06. The summed E-state index contributed by atoms with van der Waals surface area (Å²) in [4.78, 5) is 12.8. The first kappa shape index (κ1) is 16.1. The second kappa shape index (κ2) is 6.03. The third-order valence-electron chi connectivity index (χ3n) is 2.73. The van der Waals surface area contributed by atoms with Crippen LogP contribution in [0.15, 0.2) is 0 Å². The highest BCUT2D eigenvalue weighted by atomic mass is 19.3. The van der Waals surface area contributed by atoms with Crippen LogP contribution in [0.2, 0.25) is 0 Å². The molecule has 4 nitrogen and oxygen atoms in total. The van der Waals surface area contributed by atoms with Gasteiger partial charge in [0.1, 0.15) is 11.7 Å². The number of unbranched alkanes of at least 4 members (excludes halogenated alkanes) is 1. The molecule has 0 saturated carbocycles. The molecule has 112 valence electrons. The van der Waals surface area contributed by atoms with Crippen molar-refractivity contribution in [3.63, 3.8) is 0 Å². The number of alkyl halides is 2. The van der Waals surface area contributed by atoms with Crippen molar-refractivity contribution in [2.75, 3.05) is 19.7 Å². The number of rotatable bonds is 4. The van der Waals surface area contributed by atoms with Gasteiger partial charge in [-0.25, -0.2) is 13.6 Å². The van der Waals surface area contributed by atoms with Crippen LogP contribution >= 0.6 is 0 Å². The molecule has 1 heterocycles. The molecule has 1 fully saturated rings. The maximum atomic E-state index is 13.7. The summed E-state index contributed by atoms with van der Waals surface area (Å²) < 4.78 is 37.7. The van der Waals surface area contributed by atoms with E-state index in [1.807, 2.05) is 6.92 Å². The monoisotopic (exact) mass is 279 g/mol. The molecule has 1 rings (SSSR count). The Hall–Kier alpha value is -0.910. The first-order valence-corrected chi connectivity index (χ1v) is 6.63. The summed E-state index contributed by atoms with van der Waals surface area (Å²) in [6.45, 7) is 6.60. The summed E-state index contributed by atoms with van der Waals surface area (Å²) >= 11 is 0. The van der Waals surface area contributed by atoms with Crippen molar-refractivity contribution >= 4 is 6.09 Å². The van der Waals surface area contributed by atoms with Gasteiger partial charge in [0.15, 0.2) is 0 Å². The number of hydrogen-bond acceptors (Lipinski definition) is 3. The van der Waals surface area contributed by atoms with Crippen LogP contribution < -0.4 is 0 Å². The molecule has 0 N–H and O–H groups in total. The van der Waals surface area contributed by atoms with E-state index < -0.39 is 30.3 Å². The minimum Gasteiger partial charge on any atom is -0.444 e. The molecule has 0 spiro atoms. The van der Waals surface area contributed by atoms with Crippen LogP contribution in [0, 0.1) is 0 Å². The van der Waals surface area contributed by atoms with Gasteiger partial charge in [0.05, 0.1) is 13.1 Å². The van der Waals surface area contributed by atoms with Crippen LogP contribution in [0.4, 0.5) is 13.6 Å². The molecular formula is C13H23F2NO3. The Morgan fingerprint density at radius 2 is 2.05 bits per heavy atom. The quantitative estimate of drug-likeness (QED) is 0.742. The third kappa shape index (κ3) is 4.93. The second-order valence-electron chi connectivity index (χ2n) is 5.83. The fourth-order valence-corrected chi connectivity index (χ4v) is 1.76. The standard InChI is InChI=1S/C13H23F2NO3/c1-5-6-7-18-10-8-16(9-13(10,14)15)11(17)19-12(2,3)4/h10H,5-9H2,1-4H3. The molecule has 0 bridgehead atoms. The lowest BCUT2D eigenvalue weighted by molar-refractivity contribution is -0.105. The van der Waals surface area contributed by atoms with Crippen LogP contribution in [0.25, 0.3) is 0 Å². The van der Waals surface area contributed by atoms with Gasteiger partial charge in [0.25, 0.3) is 5.92 Å². The first-order chi connectivity index (χ1) is 8.65. The molecule has 1 amide bonds. The van der Waals surface area contributed by atoms with E-state index in [0.717, 1.165) is 17.7 Å². The van der Waals surface area contributed by atoms with E-state index in [4.69, 9.17) is 9.47 Å². The summed E-state index contributed by atoms with van der Waals surface area (Å²) in [6, 6.07) is 0. The van der Waals surface area contributed by atoms with Crippen molar-refractivity contribution in [1.82, 2.24) is 4.90 Å². The van der Waals surface area contributed by atoms with Crippen LogP contribution in [0.5, 0.6) is 0 Å². The Labute approximate surface area is 113 Å². The molecule has 0 aromatic heterocycles. The number of hydrogen-bond donors (Lipinski definition) is 0. The number of carbonyl (C=O) groups excluding carboxylic acids is 1. The van der Waals surface area contributed by atoms with E-state index in [1.54, 1.807) is 20.8 Å². The normalized spacial score (nSPS) is 22.6. The van der Waals surface area contributed by atoms with E-state index >= 15 is 0 Å². The van der Waals surface area contributed by atoms with Gasteiger partial charge >= 0.3 is 6.09 Å². The van der Waals surface area contributed by atoms with E-state index in [1.165, 1.54) is 0 Å². The molecule has 19 heavy (non-hydrogen) atoms. The number of halogens is 2. The van der Waals surface area contributed by atoms with Crippen molar-refractivity contribution < 1.29 is 23.0 Å². The maximum Gasteiger partial charge on any atom is 0.410 e. The zero-order valence-corrected chi connectivity index (χ0v) is 12.0. The van der Waals surface area contributed by atoms with Crippen molar-refractivity contribution in [3.8, 4) is 0 Å². The summed E-state index contributed by atoms with van der Waals surface area (Å²) in [5, 5.41) is 0. The maximum absolute atomic E-state index is 13.7. The van der Waals surface area contributed by atoms with Crippen LogP contribution in [0.3, 0.4) is 0 Å². The number of carbonyl (C=O) groups is 1. The SMILES string of the molecule is CCCCOC1CN(C(=O)OC(C)(C)C)CC1(F)F. The molecular weight excluding hydrogens is 256 g/mol. The molecule has 1 aliphatic rings. The van der Waals surface area contributed by atoms with Gasteiger partial charge in [-0.3, -0.25) is 4.90 Å². The van der Waals surface area contributed by atoms with Crippen LogP contribution in [-0.4, -0.2) is 48.3 Å². The van der Waals surface area contributed by atoms with Gasteiger partial charge in [-0.1, -0.05) is 13.3 Å². The first-order valence-electron chi connectivity index (χ1n) is 6.63. The Kier molecular flexibility index (Phi) is 5.12. The molecule has 0 aliphatic carbocycles. The van der Waals surface area contributed by atoms with E-state index in [2.05, 4.69) is 0 Å². The Balaban J connectivity index is 2.54. The van der Waals surface area contributed by atoms with Gasteiger partial charge in [0, 0.05) is 6.61 Å². The minimum atomic E-state index is -3.01. The minimum absolute atomic E-state index is 0.119. The molecule has 1 aliphatic heterocycles. The predicted molar refractivity (Wildman–Crippen MR) is 67.4 cm³/mol. The summed E-state index contributed by atoms with van der Waals surface area (Å²) in [6.07, 6.45) is -0.326. The number of ether oxygens (including phenoxy) is 2. The topological polar surface area (TPSA) is 38.8 Å². The highest BCUT2D eigenvalue weighted by molar-refractivity contribution is 5.68. The summed E-state index contributed by atoms with van der Waals surface area (Å²) in [5.74, 6) is -3.01. The lowest BCUT2D eigenvalue weighted by Crippen LogP contribution is -2.36. The van der Waals surface area contributed by atoms with Crippen molar-refractivity contribution in [2.45, 2.75) is 58.2 Å². The zero-order valence-electron chi connectivity index (χ0n) is 12.0. The van der Waals surface area contributed by atoms with Crippen molar-refractivity contribution in [2.24, 2.45) is 0 Å². The van der Waals surface area contributed by atoms with E-state index in [9.17, 15) is 13.6 Å². The largest absolute Gasteiger partial charge is 0.444 e. The fourth-order valence-electron chi connectivity index (χ4n) is 1.76. The lowest BCUT2D eigenvalue weighted by atomic mass is 10.2. The average molecular weight is 279 g/mol. The molecule has 0 aromatic carbocycles. The number of amides is 1. The van der Waals surface area contributed by atoms with Gasteiger partial charge in [-0.05, 0) is 27.2 Å². The lowest BCUT2D eigenvalue weighted by Gasteiger charge is -2.24. The van der Waals surface area contributed by atoms with Crippen LogP contribution in [0.1, 0.15) is 40.5 Å². The van der Waals surface area contributed by atoms with Gasteiger partial charge in [-0.2, -0.15) is 0 Å². The Bertz CT molecular complexity index is 316. The second-order valence-corrected chi connectivity index (χ2v) is 5.83. The average Bonchev–Trinajstić information content (AvgIpc) is 2.52. The summed E-state index contributed by atoms with van der Waals surface area (Å²) in [5.41, 5.74) is -0.687. The highest BCUT2D eigenvalue weighted by Crippen LogP contribution is 2.31. The number of likely N-dealkylation sites (tertiary alicyclic amines) is 1. The molecule has 1 unspecified atom stereocenters. The smallest absolute Gasteiger partial charge is 0.410 e. The Morgan fingerprint density at radius 3 is 2.58 bits per heavy atom. The van der Waals surface area contributed by atoms with Gasteiger partial charge in [0.2, 0.25) is 0 Å². The molecule has 1 atom stereocenters. The Morgan fingerprint density at radius 1 is 1.42 bits per heavy atom. The number of nitrogens with zero attached hydrogens (tertiary/aromatic N) is 1. The van der Waals surface area contributed by atoms with Crippen molar-refractivity contribution in [3.05, 3.63) is 0 Å². The summed E-state index contributed by atoms with van der Waals surface area (Å²) in [7, 11) is 0. The van der Waals surface area contributed by atoms with Gasteiger partial charge in [-0.15, -0.1) is 0 Å². The van der Waals surface area contributed by atoms with E-state index in [0.29, 0.717) is 6.61 Å². The molecule has 0 radical (unpaired) electrons.